The van der Waals surface area contributed by atoms with Crippen LogP contribution in [0.3, 0.4) is 0 Å². The van der Waals surface area contributed by atoms with Crippen LogP contribution >= 0.6 is 0 Å². The summed E-state index contributed by atoms with van der Waals surface area (Å²) in [6.07, 6.45) is 1.36. The highest BCUT2D eigenvalue weighted by molar-refractivity contribution is 6.02. The fourth-order valence-corrected chi connectivity index (χ4v) is 2.14. The Morgan fingerprint density at radius 1 is 1.33 bits per heavy atom. The maximum Gasteiger partial charge on any atom is 0.241 e. The van der Waals surface area contributed by atoms with Crippen molar-refractivity contribution >= 4 is 17.4 Å². The van der Waals surface area contributed by atoms with Gasteiger partial charge in [-0.1, -0.05) is 12.1 Å². The summed E-state index contributed by atoms with van der Waals surface area (Å²) in [4.78, 5) is 27.3. The fourth-order valence-electron chi connectivity index (χ4n) is 2.14. The zero-order chi connectivity index (χ0) is 13.1. The van der Waals surface area contributed by atoms with Crippen LogP contribution in [0.2, 0.25) is 0 Å². The van der Waals surface area contributed by atoms with Gasteiger partial charge in [-0.2, -0.15) is 0 Å². The van der Waals surface area contributed by atoms with Crippen molar-refractivity contribution in [2.24, 2.45) is 0 Å². The normalized spacial score (nSPS) is 15.0. The number of carbonyl (C=O) groups is 2. The van der Waals surface area contributed by atoms with E-state index in [2.05, 4.69) is 0 Å². The molecule has 0 aromatic heterocycles. The summed E-state index contributed by atoms with van der Waals surface area (Å²) in [7, 11) is 3.49. The van der Waals surface area contributed by atoms with Gasteiger partial charge in [0.1, 0.15) is 0 Å². The number of rotatable bonds is 2. The number of hydrogen-bond donors (Lipinski definition) is 0. The molecule has 1 aliphatic rings. The zero-order valence-electron chi connectivity index (χ0n) is 10.8. The molecule has 0 fully saturated rings. The number of benzene rings is 1. The Bertz CT molecular complexity index is 469. The maximum atomic E-state index is 11.9. The van der Waals surface area contributed by atoms with Crippen molar-refractivity contribution in [3.05, 3.63) is 29.8 Å². The number of anilines is 1. The summed E-state index contributed by atoms with van der Waals surface area (Å²) in [6, 6.07) is 7.54. The number of carbonyl (C=O) groups excluding carboxylic acids is 2. The molecule has 0 radical (unpaired) electrons. The van der Waals surface area contributed by atoms with Crippen molar-refractivity contribution < 1.29 is 9.59 Å². The molecular formula is C14H18N2O2. The van der Waals surface area contributed by atoms with Gasteiger partial charge in [-0.3, -0.25) is 9.59 Å². The quantitative estimate of drug-likeness (QED) is 0.795. The largest absolute Gasteiger partial charge is 0.362 e. The lowest BCUT2D eigenvalue weighted by Crippen LogP contribution is -2.37. The highest BCUT2D eigenvalue weighted by atomic mass is 16.2. The van der Waals surface area contributed by atoms with Crippen molar-refractivity contribution in [3.8, 4) is 0 Å². The lowest BCUT2D eigenvalue weighted by Gasteiger charge is -2.25. The van der Waals surface area contributed by atoms with Gasteiger partial charge in [0.05, 0.1) is 6.54 Å². The van der Waals surface area contributed by atoms with Crippen molar-refractivity contribution in [2.75, 3.05) is 32.1 Å². The molecular weight excluding hydrogens is 228 g/mol. The molecule has 2 rings (SSSR count). The molecule has 0 saturated heterocycles. The van der Waals surface area contributed by atoms with Gasteiger partial charge in [-0.05, 0) is 18.6 Å². The molecule has 18 heavy (non-hydrogen) atoms. The van der Waals surface area contributed by atoms with Crippen LogP contribution in [0.15, 0.2) is 24.3 Å². The van der Waals surface area contributed by atoms with Gasteiger partial charge in [0.25, 0.3) is 0 Å². The van der Waals surface area contributed by atoms with E-state index in [9.17, 15) is 9.59 Å². The number of para-hydroxylation sites is 1. The number of amides is 1. The maximum absolute atomic E-state index is 11.9. The third kappa shape index (κ3) is 2.53. The highest BCUT2D eigenvalue weighted by Gasteiger charge is 2.22. The first-order chi connectivity index (χ1) is 8.59. The number of fused-ring (bicyclic) bond motifs is 1. The van der Waals surface area contributed by atoms with E-state index in [4.69, 9.17) is 0 Å². The van der Waals surface area contributed by atoms with E-state index in [-0.39, 0.29) is 11.7 Å². The van der Waals surface area contributed by atoms with E-state index >= 15 is 0 Å². The summed E-state index contributed by atoms with van der Waals surface area (Å²) < 4.78 is 0. The van der Waals surface area contributed by atoms with Gasteiger partial charge in [0, 0.05) is 38.3 Å². The Balaban J connectivity index is 2.29. The lowest BCUT2D eigenvalue weighted by molar-refractivity contribution is -0.127. The van der Waals surface area contributed by atoms with Gasteiger partial charge < -0.3 is 9.80 Å². The smallest absolute Gasteiger partial charge is 0.241 e. The van der Waals surface area contributed by atoms with Gasteiger partial charge in [0.2, 0.25) is 5.91 Å². The van der Waals surface area contributed by atoms with Crippen LogP contribution in [0.25, 0.3) is 0 Å². The lowest BCUT2D eigenvalue weighted by atomic mass is 10.1. The van der Waals surface area contributed by atoms with Crippen molar-refractivity contribution in [3.63, 3.8) is 0 Å². The van der Waals surface area contributed by atoms with Crippen molar-refractivity contribution in [2.45, 2.75) is 12.8 Å². The van der Waals surface area contributed by atoms with Crippen LogP contribution in [0.5, 0.6) is 0 Å². The topological polar surface area (TPSA) is 40.6 Å². The molecule has 96 valence electrons. The zero-order valence-corrected chi connectivity index (χ0v) is 10.8. The summed E-state index contributed by atoms with van der Waals surface area (Å²) in [5.41, 5.74) is 1.62. The second-order valence-corrected chi connectivity index (χ2v) is 4.75. The minimum Gasteiger partial charge on any atom is -0.362 e. The molecule has 1 amide bonds. The Labute approximate surface area is 107 Å². The molecule has 0 N–H and O–H groups in total. The third-order valence-corrected chi connectivity index (χ3v) is 3.20. The van der Waals surface area contributed by atoms with Crippen LogP contribution in [-0.4, -0.2) is 43.8 Å². The first-order valence-corrected chi connectivity index (χ1v) is 6.17. The summed E-state index contributed by atoms with van der Waals surface area (Å²) in [5.74, 6) is 0.226. The third-order valence-electron chi connectivity index (χ3n) is 3.20. The van der Waals surface area contributed by atoms with Crippen LogP contribution in [0.4, 0.5) is 5.69 Å². The number of Topliss-reactive ketones (excluding diaryl/α,β-unsaturated/α-hetero) is 1. The van der Waals surface area contributed by atoms with Gasteiger partial charge in [0.15, 0.2) is 5.78 Å². The minimum atomic E-state index is 0.0548. The molecule has 1 aliphatic heterocycles. The monoisotopic (exact) mass is 246 g/mol. The Morgan fingerprint density at radius 2 is 2.06 bits per heavy atom. The average Bonchev–Trinajstić information content (AvgIpc) is 2.51. The molecule has 0 atom stereocenters. The first kappa shape index (κ1) is 12.6. The number of likely N-dealkylation sites (N-methyl/N-ethyl adjacent to an activating group) is 1. The number of ketones is 1. The predicted octanol–water partition coefficient (Wildman–Crippen LogP) is 1.56. The van der Waals surface area contributed by atoms with Gasteiger partial charge in [-0.15, -0.1) is 0 Å². The van der Waals surface area contributed by atoms with E-state index in [0.717, 1.165) is 24.2 Å². The van der Waals surface area contributed by atoms with Crippen molar-refractivity contribution in [1.29, 1.82) is 0 Å². The molecule has 4 nitrogen and oxygen atoms in total. The van der Waals surface area contributed by atoms with Gasteiger partial charge >= 0.3 is 0 Å². The van der Waals surface area contributed by atoms with E-state index in [1.165, 1.54) is 0 Å². The Hall–Kier alpha value is -1.84. The molecule has 0 unspecified atom stereocenters. The minimum absolute atomic E-state index is 0.0548. The van der Waals surface area contributed by atoms with Crippen LogP contribution in [0.1, 0.15) is 23.2 Å². The Morgan fingerprint density at radius 3 is 2.78 bits per heavy atom. The standard InChI is InChI=1S/C14H18N2O2/c1-15(2)14(18)10-16-9-5-8-13(17)11-6-3-4-7-12(11)16/h3-4,6-7H,5,8-10H2,1-2H3. The molecule has 1 heterocycles. The fraction of sp³-hybridized carbons (Fsp3) is 0.429. The SMILES string of the molecule is CN(C)C(=O)CN1CCCC(=O)c2ccccc21. The Kier molecular flexibility index (Phi) is 3.65. The highest BCUT2D eigenvalue weighted by Crippen LogP contribution is 2.25. The molecule has 4 heteroatoms. The van der Waals surface area contributed by atoms with Crippen molar-refractivity contribution in [1.82, 2.24) is 4.90 Å². The van der Waals surface area contributed by atoms with Crippen LogP contribution < -0.4 is 4.90 Å². The summed E-state index contributed by atoms with van der Waals surface area (Å²) in [6.45, 7) is 1.08. The first-order valence-electron chi connectivity index (χ1n) is 6.17. The van der Waals surface area contributed by atoms with Crippen LogP contribution in [0, 0.1) is 0 Å². The molecule has 1 aromatic carbocycles. The molecule has 0 aliphatic carbocycles. The predicted molar refractivity (Wildman–Crippen MR) is 70.9 cm³/mol. The summed E-state index contributed by atoms with van der Waals surface area (Å²) >= 11 is 0. The number of nitrogens with zero attached hydrogens (tertiary/aromatic N) is 2. The number of hydrogen-bond acceptors (Lipinski definition) is 3. The summed E-state index contributed by atoms with van der Waals surface area (Å²) in [5, 5.41) is 0. The van der Waals surface area contributed by atoms with Crippen LogP contribution in [-0.2, 0) is 4.79 Å². The van der Waals surface area contributed by atoms with E-state index in [1.54, 1.807) is 19.0 Å². The average molecular weight is 246 g/mol. The van der Waals surface area contributed by atoms with E-state index < -0.39 is 0 Å². The second kappa shape index (κ2) is 5.21. The molecule has 0 spiro atoms. The molecule has 0 bridgehead atoms. The second-order valence-electron chi connectivity index (χ2n) is 4.75. The molecule has 1 aromatic rings. The van der Waals surface area contributed by atoms with Gasteiger partial charge in [-0.25, -0.2) is 0 Å². The molecule has 0 saturated carbocycles. The van der Waals surface area contributed by atoms with E-state index in [0.29, 0.717) is 13.0 Å². The van der Waals surface area contributed by atoms with E-state index in [1.807, 2.05) is 29.2 Å².